The lowest BCUT2D eigenvalue weighted by atomic mass is 10.0. The van der Waals surface area contributed by atoms with Crippen molar-refractivity contribution >= 4 is 11.8 Å². The van der Waals surface area contributed by atoms with Gasteiger partial charge in [0.2, 0.25) is 0 Å². The summed E-state index contributed by atoms with van der Waals surface area (Å²) in [5, 5.41) is 14.7. The Balaban J connectivity index is 1.71. The van der Waals surface area contributed by atoms with Crippen LogP contribution in [0.3, 0.4) is 0 Å². The van der Waals surface area contributed by atoms with E-state index in [9.17, 15) is 0 Å². The molecule has 1 N–H and O–H groups in total. The Morgan fingerprint density at radius 3 is 1.43 bits per heavy atom. The molecule has 23 heavy (non-hydrogen) atoms. The van der Waals surface area contributed by atoms with Crippen LogP contribution in [0.25, 0.3) is 0 Å². The average molecular weight is 321 g/mol. The first kappa shape index (κ1) is 20.0. The topological polar surface area (TPSA) is 60.9 Å². The highest BCUT2D eigenvalue weighted by atomic mass is 15.3. The van der Waals surface area contributed by atoms with Gasteiger partial charge in [-0.3, -0.25) is 5.41 Å². The van der Waals surface area contributed by atoms with Crippen molar-refractivity contribution < 1.29 is 0 Å². The lowest BCUT2D eigenvalue weighted by molar-refractivity contribution is 0.533. The Labute approximate surface area is 142 Å². The molecule has 0 radical (unpaired) electrons. The molecule has 0 spiro atoms. The fourth-order valence-electron chi connectivity index (χ4n) is 3.03. The zero-order chi connectivity index (χ0) is 16.6. The van der Waals surface area contributed by atoms with Crippen LogP contribution in [0.4, 0.5) is 0 Å². The van der Waals surface area contributed by atoms with Crippen molar-refractivity contribution in [1.29, 1.82) is 5.41 Å². The quantitative estimate of drug-likeness (QED) is 0.296. The lowest BCUT2D eigenvalue weighted by Crippen LogP contribution is -1.91. The van der Waals surface area contributed by atoms with Crippen molar-refractivity contribution in [2.24, 2.45) is 15.2 Å². The first-order valence-corrected chi connectivity index (χ1v) is 9.91. The highest BCUT2D eigenvalue weighted by molar-refractivity contribution is 5.99. The number of rotatable bonds is 16. The zero-order valence-electron chi connectivity index (χ0n) is 15.2. The molecule has 0 aromatic rings. The number of hydrogen-bond donors (Lipinski definition) is 1. The van der Waals surface area contributed by atoms with Crippen molar-refractivity contribution in [2.45, 2.75) is 110 Å². The van der Waals surface area contributed by atoms with Crippen LogP contribution in [-0.2, 0) is 0 Å². The van der Waals surface area contributed by atoms with Gasteiger partial charge in [0.25, 0.3) is 5.96 Å². The molecule has 0 fully saturated rings. The standard InChI is InChI=1S/C19H36N4/c1-2-3-4-5-6-7-8-9-10-11-12-13-14-15-16-17-18-21-19(20)23-22-18/h20H,2-17H2,1H3. The van der Waals surface area contributed by atoms with Gasteiger partial charge < -0.3 is 0 Å². The van der Waals surface area contributed by atoms with Gasteiger partial charge in [-0.15, -0.1) is 10.2 Å². The second kappa shape index (κ2) is 14.5. The summed E-state index contributed by atoms with van der Waals surface area (Å²) in [4.78, 5) is 3.96. The molecule has 0 bridgehead atoms. The fraction of sp³-hybridized carbons (Fsp3) is 0.895. The van der Waals surface area contributed by atoms with E-state index >= 15 is 0 Å². The molecule has 0 saturated heterocycles. The predicted octanol–water partition coefficient (Wildman–Crippen LogP) is 7.05. The fourth-order valence-corrected chi connectivity index (χ4v) is 3.03. The summed E-state index contributed by atoms with van der Waals surface area (Å²) in [5.41, 5.74) is 0. The van der Waals surface area contributed by atoms with E-state index < -0.39 is 0 Å². The minimum Gasteiger partial charge on any atom is -0.264 e. The highest BCUT2D eigenvalue weighted by Crippen LogP contribution is 2.14. The Morgan fingerprint density at radius 2 is 1.04 bits per heavy atom. The van der Waals surface area contributed by atoms with E-state index in [0.717, 1.165) is 18.7 Å². The maximum atomic E-state index is 7.22. The zero-order valence-corrected chi connectivity index (χ0v) is 15.2. The van der Waals surface area contributed by atoms with E-state index in [1.165, 1.54) is 89.9 Å². The molecule has 0 aromatic carbocycles. The number of guanidine groups is 1. The Morgan fingerprint density at radius 1 is 0.609 bits per heavy atom. The van der Waals surface area contributed by atoms with Crippen molar-refractivity contribution in [3.05, 3.63) is 0 Å². The smallest absolute Gasteiger partial charge is 0.263 e. The molecule has 1 aliphatic heterocycles. The van der Waals surface area contributed by atoms with Gasteiger partial charge in [0.05, 0.1) is 0 Å². The highest BCUT2D eigenvalue weighted by Gasteiger charge is 2.06. The molecule has 1 aliphatic rings. The first-order valence-electron chi connectivity index (χ1n) is 9.91. The molecule has 0 aromatic heterocycles. The normalized spacial score (nSPS) is 13.8. The largest absolute Gasteiger partial charge is 0.264 e. The number of nitrogens with zero attached hydrogens (tertiary/aromatic N) is 3. The lowest BCUT2D eigenvalue weighted by Gasteiger charge is -2.03. The van der Waals surface area contributed by atoms with Gasteiger partial charge in [-0.05, 0) is 6.42 Å². The van der Waals surface area contributed by atoms with Crippen LogP contribution in [0.5, 0.6) is 0 Å². The summed E-state index contributed by atoms with van der Waals surface area (Å²) in [6, 6.07) is 0. The van der Waals surface area contributed by atoms with E-state index in [1.807, 2.05) is 0 Å². The van der Waals surface area contributed by atoms with Crippen LogP contribution in [0.1, 0.15) is 110 Å². The SMILES string of the molecule is CCCCCCCCCCCCCCCCCC1=NC(=N)N=N1. The Kier molecular flexibility index (Phi) is 12.6. The van der Waals surface area contributed by atoms with Gasteiger partial charge in [-0.25, -0.2) is 0 Å². The van der Waals surface area contributed by atoms with Crippen LogP contribution in [0.2, 0.25) is 0 Å². The Hall–Kier alpha value is -1.06. The number of azo groups is 1. The van der Waals surface area contributed by atoms with Crippen LogP contribution in [-0.4, -0.2) is 11.8 Å². The third-order valence-corrected chi connectivity index (χ3v) is 4.50. The van der Waals surface area contributed by atoms with E-state index in [0.29, 0.717) is 0 Å². The molecular weight excluding hydrogens is 284 g/mol. The summed E-state index contributed by atoms with van der Waals surface area (Å²) >= 11 is 0. The number of nitrogens with one attached hydrogen (secondary N) is 1. The van der Waals surface area contributed by atoms with Gasteiger partial charge in [0, 0.05) is 6.42 Å². The summed E-state index contributed by atoms with van der Waals surface area (Å²) in [6.45, 7) is 2.28. The molecule has 0 saturated carbocycles. The van der Waals surface area contributed by atoms with Crippen LogP contribution in [0.15, 0.2) is 15.2 Å². The average Bonchev–Trinajstić information content (AvgIpc) is 2.96. The van der Waals surface area contributed by atoms with Gasteiger partial charge in [0.15, 0.2) is 5.84 Å². The molecule has 0 unspecified atom stereocenters. The van der Waals surface area contributed by atoms with Crippen molar-refractivity contribution in [2.75, 3.05) is 0 Å². The molecule has 4 heteroatoms. The maximum absolute atomic E-state index is 7.22. The second-order valence-electron chi connectivity index (χ2n) is 6.75. The van der Waals surface area contributed by atoms with Crippen molar-refractivity contribution in [1.82, 2.24) is 0 Å². The van der Waals surface area contributed by atoms with E-state index in [1.54, 1.807) is 0 Å². The minimum absolute atomic E-state index is 0.0564. The third-order valence-electron chi connectivity index (χ3n) is 4.50. The molecule has 4 nitrogen and oxygen atoms in total. The van der Waals surface area contributed by atoms with E-state index in [2.05, 4.69) is 22.1 Å². The van der Waals surface area contributed by atoms with E-state index in [-0.39, 0.29) is 5.96 Å². The Bertz CT molecular complexity index is 360. The van der Waals surface area contributed by atoms with Gasteiger partial charge >= 0.3 is 0 Å². The molecule has 132 valence electrons. The maximum Gasteiger partial charge on any atom is 0.263 e. The van der Waals surface area contributed by atoms with Crippen LogP contribution >= 0.6 is 0 Å². The summed E-state index contributed by atoms with van der Waals surface area (Å²) < 4.78 is 0. The molecule has 0 aliphatic carbocycles. The molecule has 0 amide bonds. The summed E-state index contributed by atoms with van der Waals surface area (Å²) in [6.07, 6.45) is 21.6. The van der Waals surface area contributed by atoms with Gasteiger partial charge in [-0.2, -0.15) is 4.99 Å². The van der Waals surface area contributed by atoms with Crippen LogP contribution < -0.4 is 0 Å². The summed E-state index contributed by atoms with van der Waals surface area (Å²) in [5.74, 6) is 0.797. The predicted molar refractivity (Wildman–Crippen MR) is 99.6 cm³/mol. The molecule has 1 heterocycles. The second-order valence-corrected chi connectivity index (χ2v) is 6.75. The first-order chi connectivity index (χ1) is 11.3. The monoisotopic (exact) mass is 320 g/mol. The molecular formula is C19H36N4. The van der Waals surface area contributed by atoms with Gasteiger partial charge in [0.1, 0.15) is 0 Å². The summed E-state index contributed by atoms with van der Waals surface area (Å²) in [7, 11) is 0. The molecule has 1 rings (SSSR count). The van der Waals surface area contributed by atoms with Crippen molar-refractivity contribution in [3.8, 4) is 0 Å². The van der Waals surface area contributed by atoms with E-state index in [4.69, 9.17) is 5.41 Å². The third kappa shape index (κ3) is 12.1. The number of amidine groups is 1. The molecule has 0 atom stereocenters. The van der Waals surface area contributed by atoms with Crippen LogP contribution in [0, 0.1) is 5.41 Å². The number of unbranched alkanes of at least 4 members (excludes halogenated alkanes) is 14. The number of hydrogen-bond acceptors (Lipinski definition) is 2. The number of aliphatic imine (C=N–C) groups is 1. The van der Waals surface area contributed by atoms with Gasteiger partial charge in [-0.1, -0.05) is 96.8 Å². The van der Waals surface area contributed by atoms with Crippen molar-refractivity contribution in [3.63, 3.8) is 0 Å². The minimum atomic E-state index is 0.0564.